The van der Waals surface area contributed by atoms with Crippen molar-refractivity contribution in [2.45, 2.75) is 19.9 Å². The van der Waals surface area contributed by atoms with Gasteiger partial charge in [0.05, 0.1) is 3.79 Å². The second-order valence-corrected chi connectivity index (χ2v) is 6.43. The maximum Gasteiger partial charge on any atom is 0.0846 e. The molecule has 0 bridgehead atoms. The number of hydrogen-bond acceptors (Lipinski definition) is 2. The van der Waals surface area contributed by atoms with Crippen LogP contribution in [-0.2, 0) is 0 Å². The Balaban J connectivity index is 2.86. The summed E-state index contributed by atoms with van der Waals surface area (Å²) in [4.78, 5) is 1.27. The van der Waals surface area contributed by atoms with Gasteiger partial charge in [0, 0.05) is 15.4 Å². The topological polar surface area (TPSA) is 12.0 Å². The van der Waals surface area contributed by atoms with E-state index in [0.717, 1.165) is 8.26 Å². The lowest BCUT2D eigenvalue weighted by atomic mass is 10.1. The van der Waals surface area contributed by atoms with Crippen LogP contribution in [0.2, 0.25) is 0 Å². The monoisotopic (exact) mass is 337 g/mol. The predicted octanol–water partition coefficient (Wildman–Crippen LogP) is 4.28. The molecule has 0 aliphatic carbocycles. The van der Waals surface area contributed by atoms with Crippen LogP contribution in [0.1, 0.15) is 18.7 Å². The molecule has 0 amide bonds. The average molecular weight is 339 g/mol. The van der Waals surface area contributed by atoms with Crippen LogP contribution in [0, 0.1) is 0 Å². The van der Waals surface area contributed by atoms with Gasteiger partial charge >= 0.3 is 0 Å². The van der Waals surface area contributed by atoms with Crippen molar-refractivity contribution in [3.05, 3.63) is 24.8 Å². The van der Waals surface area contributed by atoms with E-state index in [1.807, 2.05) is 7.05 Å². The van der Waals surface area contributed by atoms with Gasteiger partial charge in [0.15, 0.2) is 0 Å². The SMILES string of the molecule is CNC(C)C(C)=Cc1cc(Br)c(Br)s1. The van der Waals surface area contributed by atoms with E-state index in [1.165, 1.54) is 10.5 Å². The Kier molecular flexibility index (Phi) is 4.83. The minimum Gasteiger partial charge on any atom is -0.314 e. The van der Waals surface area contributed by atoms with E-state index >= 15 is 0 Å². The van der Waals surface area contributed by atoms with Gasteiger partial charge in [0.2, 0.25) is 0 Å². The van der Waals surface area contributed by atoms with Crippen LogP contribution >= 0.6 is 43.2 Å². The summed E-state index contributed by atoms with van der Waals surface area (Å²) in [7, 11) is 1.97. The first-order valence-corrected chi connectivity index (χ1v) is 6.75. The number of nitrogens with one attached hydrogen (secondary N) is 1. The molecule has 1 aromatic rings. The van der Waals surface area contributed by atoms with Crippen LogP contribution in [0.4, 0.5) is 0 Å². The Labute approximate surface area is 106 Å². The highest BCUT2D eigenvalue weighted by Crippen LogP contribution is 2.33. The molecule has 1 rings (SSSR count). The van der Waals surface area contributed by atoms with E-state index in [2.05, 4.69) is 63.2 Å². The minimum absolute atomic E-state index is 0.426. The van der Waals surface area contributed by atoms with Crippen molar-refractivity contribution in [2.24, 2.45) is 0 Å². The maximum absolute atomic E-state index is 3.49. The van der Waals surface area contributed by atoms with E-state index in [4.69, 9.17) is 0 Å². The first kappa shape index (κ1) is 12.4. The lowest BCUT2D eigenvalue weighted by Gasteiger charge is -2.09. The van der Waals surface area contributed by atoms with E-state index in [0.29, 0.717) is 6.04 Å². The molecule has 0 aromatic carbocycles. The number of halogens is 2. The molecule has 1 aromatic heterocycles. The number of rotatable bonds is 3. The highest BCUT2D eigenvalue weighted by molar-refractivity contribution is 9.13. The van der Waals surface area contributed by atoms with E-state index in [1.54, 1.807) is 11.3 Å². The van der Waals surface area contributed by atoms with Crippen LogP contribution in [0.25, 0.3) is 6.08 Å². The molecule has 0 spiro atoms. The molecule has 0 fully saturated rings. The largest absolute Gasteiger partial charge is 0.314 e. The zero-order valence-corrected chi connectivity index (χ0v) is 12.4. The van der Waals surface area contributed by atoms with Gasteiger partial charge in [-0.15, -0.1) is 11.3 Å². The lowest BCUT2D eigenvalue weighted by Crippen LogP contribution is -2.21. The maximum atomic E-state index is 3.49. The molecule has 0 aliphatic heterocycles. The van der Waals surface area contributed by atoms with Gasteiger partial charge in [-0.2, -0.15) is 0 Å². The highest BCUT2D eigenvalue weighted by Gasteiger charge is 2.04. The van der Waals surface area contributed by atoms with Crippen LogP contribution in [-0.4, -0.2) is 13.1 Å². The Morgan fingerprint density at radius 1 is 1.57 bits per heavy atom. The fourth-order valence-electron chi connectivity index (χ4n) is 1.01. The van der Waals surface area contributed by atoms with Crippen molar-refractivity contribution in [1.29, 1.82) is 0 Å². The summed E-state index contributed by atoms with van der Waals surface area (Å²) in [6.07, 6.45) is 2.21. The van der Waals surface area contributed by atoms with Crippen molar-refractivity contribution in [1.82, 2.24) is 5.32 Å². The van der Waals surface area contributed by atoms with Crippen LogP contribution in [0.5, 0.6) is 0 Å². The third-order valence-corrected chi connectivity index (χ3v) is 5.35. The molecular formula is C10H13Br2NS. The van der Waals surface area contributed by atoms with Crippen LogP contribution < -0.4 is 5.32 Å². The van der Waals surface area contributed by atoms with Crippen molar-refractivity contribution >= 4 is 49.3 Å². The molecule has 0 saturated carbocycles. The second kappa shape index (κ2) is 5.45. The summed E-state index contributed by atoms with van der Waals surface area (Å²) in [5.41, 5.74) is 1.34. The minimum atomic E-state index is 0.426. The van der Waals surface area contributed by atoms with Gasteiger partial charge in [-0.05, 0) is 64.9 Å². The van der Waals surface area contributed by atoms with Gasteiger partial charge in [0.1, 0.15) is 0 Å². The Morgan fingerprint density at radius 3 is 2.64 bits per heavy atom. The Morgan fingerprint density at radius 2 is 2.21 bits per heavy atom. The third-order valence-electron chi connectivity index (χ3n) is 2.15. The van der Waals surface area contributed by atoms with Crippen molar-refractivity contribution in [3.8, 4) is 0 Å². The molecule has 1 atom stereocenters. The smallest absolute Gasteiger partial charge is 0.0846 e. The number of hydrogen-bond donors (Lipinski definition) is 1. The quantitative estimate of drug-likeness (QED) is 0.867. The van der Waals surface area contributed by atoms with Crippen LogP contribution in [0.15, 0.2) is 19.9 Å². The molecule has 1 unspecified atom stereocenters. The zero-order valence-electron chi connectivity index (χ0n) is 8.40. The van der Waals surface area contributed by atoms with E-state index in [-0.39, 0.29) is 0 Å². The molecular weight excluding hydrogens is 326 g/mol. The molecule has 4 heteroatoms. The second-order valence-electron chi connectivity index (χ2n) is 3.17. The lowest BCUT2D eigenvalue weighted by molar-refractivity contribution is 0.696. The summed E-state index contributed by atoms with van der Waals surface area (Å²) in [6, 6.07) is 2.55. The molecule has 0 radical (unpaired) electrons. The van der Waals surface area contributed by atoms with Gasteiger partial charge in [-0.3, -0.25) is 0 Å². The normalized spacial score (nSPS) is 14.5. The van der Waals surface area contributed by atoms with Gasteiger partial charge in [0.25, 0.3) is 0 Å². The summed E-state index contributed by atoms with van der Waals surface area (Å²) in [5, 5.41) is 3.22. The number of thiophene rings is 1. The first-order valence-electron chi connectivity index (χ1n) is 4.35. The fourth-order valence-corrected chi connectivity index (χ4v) is 3.11. The van der Waals surface area contributed by atoms with Gasteiger partial charge < -0.3 is 5.32 Å². The van der Waals surface area contributed by atoms with Crippen molar-refractivity contribution in [3.63, 3.8) is 0 Å². The van der Waals surface area contributed by atoms with Crippen molar-refractivity contribution in [2.75, 3.05) is 7.05 Å². The molecule has 1 heterocycles. The summed E-state index contributed by atoms with van der Waals surface area (Å²) in [6.45, 7) is 4.30. The molecule has 0 saturated heterocycles. The summed E-state index contributed by atoms with van der Waals surface area (Å²) in [5.74, 6) is 0. The van der Waals surface area contributed by atoms with Crippen molar-refractivity contribution < 1.29 is 0 Å². The molecule has 0 aliphatic rings. The highest BCUT2D eigenvalue weighted by atomic mass is 79.9. The summed E-state index contributed by atoms with van der Waals surface area (Å²) >= 11 is 8.70. The molecule has 1 nitrogen and oxygen atoms in total. The Bertz CT molecular complexity index is 324. The van der Waals surface area contributed by atoms with E-state index in [9.17, 15) is 0 Å². The first-order chi connectivity index (χ1) is 6.54. The standard InChI is InChI=1S/C10H13Br2NS/c1-6(7(2)13-3)4-8-5-9(11)10(12)14-8/h4-5,7,13H,1-3H3. The predicted molar refractivity (Wildman–Crippen MR) is 71.9 cm³/mol. The van der Waals surface area contributed by atoms with Gasteiger partial charge in [-0.1, -0.05) is 5.57 Å². The molecule has 78 valence electrons. The summed E-state index contributed by atoms with van der Waals surface area (Å²) < 4.78 is 2.27. The molecule has 1 N–H and O–H groups in total. The average Bonchev–Trinajstić information content (AvgIpc) is 2.44. The third kappa shape index (κ3) is 3.19. The Hall–Kier alpha value is 0.360. The van der Waals surface area contributed by atoms with Crippen LogP contribution in [0.3, 0.4) is 0 Å². The van der Waals surface area contributed by atoms with E-state index < -0.39 is 0 Å². The van der Waals surface area contributed by atoms with Gasteiger partial charge in [-0.25, -0.2) is 0 Å². The molecule has 14 heavy (non-hydrogen) atoms. The number of likely N-dealkylation sites (N-methyl/N-ethyl adjacent to an activating group) is 1. The zero-order chi connectivity index (χ0) is 10.7. The fraction of sp³-hybridized carbons (Fsp3) is 0.400.